The molecule has 6 heteroatoms. The third-order valence-electron chi connectivity index (χ3n) is 2.98. The molecule has 1 heterocycles. The molecule has 3 N–H and O–H groups in total. The van der Waals surface area contributed by atoms with Crippen molar-refractivity contribution in [3.05, 3.63) is 35.8 Å². The van der Waals surface area contributed by atoms with Crippen LogP contribution in [0.1, 0.15) is 12.6 Å². The van der Waals surface area contributed by atoms with Crippen LogP contribution in [0.2, 0.25) is 0 Å². The van der Waals surface area contributed by atoms with E-state index in [4.69, 9.17) is 5.11 Å². The number of carbonyl (C=O) groups is 1. The fourth-order valence-corrected chi connectivity index (χ4v) is 1.82. The minimum atomic E-state index is -1.91. The smallest absolute Gasteiger partial charge is 0.337 e. The summed E-state index contributed by atoms with van der Waals surface area (Å²) in [5, 5.41) is 21.9. The number of pyridine rings is 1. The van der Waals surface area contributed by atoms with Crippen molar-refractivity contribution < 1.29 is 19.4 Å². The first-order valence-corrected chi connectivity index (χ1v) is 6.06. The number of aliphatic hydroxyl groups is 1. The third-order valence-corrected chi connectivity index (χ3v) is 2.98. The fourth-order valence-electron chi connectivity index (χ4n) is 1.82. The SMILES string of the molecule is Cc1cc(NCC(C)(O)C(=O)O)c2cc(F)ccc2n1. The third kappa shape index (κ3) is 2.85. The summed E-state index contributed by atoms with van der Waals surface area (Å²) in [6.45, 7) is 2.78. The molecule has 1 atom stereocenters. The van der Waals surface area contributed by atoms with Gasteiger partial charge in [-0.3, -0.25) is 4.98 Å². The second-order valence-electron chi connectivity index (χ2n) is 4.91. The van der Waals surface area contributed by atoms with Crippen LogP contribution >= 0.6 is 0 Å². The van der Waals surface area contributed by atoms with E-state index in [0.29, 0.717) is 22.3 Å². The molecule has 0 saturated heterocycles. The van der Waals surface area contributed by atoms with Gasteiger partial charge in [0.2, 0.25) is 0 Å². The normalized spacial score (nSPS) is 14.0. The molecule has 20 heavy (non-hydrogen) atoms. The Balaban J connectivity index is 2.38. The van der Waals surface area contributed by atoms with Crippen molar-refractivity contribution in [2.75, 3.05) is 11.9 Å². The van der Waals surface area contributed by atoms with E-state index in [1.165, 1.54) is 19.1 Å². The van der Waals surface area contributed by atoms with Crippen molar-refractivity contribution in [1.29, 1.82) is 0 Å². The lowest BCUT2D eigenvalue weighted by Crippen LogP contribution is -2.41. The summed E-state index contributed by atoms with van der Waals surface area (Å²) < 4.78 is 13.3. The molecule has 1 aromatic heterocycles. The predicted octanol–water partition coefficient (Wildman–Crippen LogP) is 1.93. The Kier molecular flexibility index (Phi) is 3.59. The van der Waals surface area contributed by atoms with Gasteiger partial charge >= 0.3 is 5.97 Å². The number of aliphatic carboxylic acids is 1. The minimum Gasteiger partial charge on any atom is -0.479 e. The molecule has 5 nitrogen and oxygen atoms in total. The molecule has 0 fully saturated rings. The Hall–Kier alpha value is -2.21. The number of carboxylic acids is 1. The topological polar surface area (TPSA) is 82.5 Å². The highest BCUT2D eigenvalue weighted by Gasteiger charge is 2.29. The number of nitrogens with zero attached hydrogens (tertiary/aromatic N) is 1. The van der Waals surface area contributed by atoms with Gasteiger partial charge in [0.05, 0.1) is 12.1 Å². The molecule has 1 unspecified atom stereocenters. The van der Waals surface area contributed by atoms with E-state index in [9.17, 15) is 14.3 Å². The van der Waals surface area contributed by atoms with Crippen LogP contribution in [-0.2, 0) is 4.79 Å². The number of fused-ring (bicyclic) bond motifs is 1. The summed E-state index contributed by atoms with van der Waals surface area (Å²) in [4.78, 5) is 15.1. The quantitative estimate of drug-likeness (QED) is 0.796. The predicted molar refractivity (Wildman–Crippen MR) is 73.2 cm³/mol. The zero-order chi connectivity index (χ0) is 14.9. The molecule has 0 aliphatic carbocycles. The summed E-state index contributed by atoms with van der Waals surface area (Å²) in [5.74, 6) is -1.73. The van der Waals surface area contributed by atoms with E-state index in [2.05, 4.69) is 10.3 Å². The molecule has 0 saturated carbocycles. The van der Waals surface area contributed by atoms with E-state index >= 15 is 0 Å². The number of hydrogen-bond donors (Lipinski definition) is 3. The van der Waals surface area contributed by atoms with Crippen molar-refractivity contribution in [3.63, 3.8) is 0 Å². The van der Waals surface area contributed by atoms with Gasteiger partial charge in [-0.05, 0) is 38.1 Å². The van der Waals surface area contributed by atoms with E-state index in [1.807, 2.05) is 0 Å². The zero-order valence-corrected chi connectivity index (χ0v) is 11.1. The Morgan fingerprint density at radius 2 is 2.15 bits per heavy atom. The van der Waals surface area contributed by atoms with Gasteiger partial charge in [-0.2, -0.15) is 0 Å². The van der Waals surface area contributed by atoms with E-state index in [-0.39, 0.29) is 6.54 Å². The number of rotatable bonds is 4. The Bertz CT molecular complexity index is 671. The second kappa shape index (κ2) is 5.05. The maximum absolute atomic E-state index is 13.3. The molecule has 106 valence electrons. The highest BCUT2D eigenvalue weighted by Crippen LogP contribution is 2.24. The van der Waals surface area contributed by atoms with Crippen molar-refractivity contribution >= 4 is 22.6 Å². The summed E-state index contributed by atoms with van der Waals surface area (Å²) in [5.41, 5.74) is -0.0597. The van der Waals surface area contributed by atoms with E-state index in [0.717, 1.165) is 0 Å². The van der Waals surface area contributed by atoms with Crippen LogP contribution in [-0.4, -0.2) is 33.3 Å². The largest absolute Gasteiger partial charge is 0.479 e. The maximum Gasteiger partial charge on any atom is 0.337 e. The van der Waals surface area contributed by atoms with Crippen molar-refractivity contribution in [3.8, 4) is 0 Å². The molecular weight excluding hydrogens is 263 g/mol. The van der Waals surface area contributed by atoms with Crippen LogP contribution in [0, 0.1) is 12.7 Å². The molecule has 0 aliphatic rings. The number of carboxylic acid groups (broad SMARTS) is 1. The summed E-state index contributed by atoms with van der Waals surface area (Å²) in [6, 6.07) is 5.86. The number of aromatic nitrogens is 1. The second-order valence-corrected chi connectivity index (χ2v) is 4.91. The maximum atomic E-state index is 13.3. The molecule has 0 bridgehead atoms. The monoisotopic (exact) mass is 278 g/mol. The van der Waals surface area contributed by atoms with Crippen LogP contribution in [0.4, 0.5) is 10.1 Å². The summed E-state index contributed by atoms with van der Waals surface area (Å²) >= 11 is 0. The standard InChI is InChI=1S/C14H15FN2O3/c1-8-5-12(16-7-14(2,20)13(18)19)10-6-9(15)3-4-11(10)17-8/h3-6,20H,7H2,1-2H3,(H,16,17)(H,18,19). The lowest BCUT2D eigenvalue weighted by molar-refractivity contribution is -0.155. The summed E-state index contributed by atoms with van der Waals surface area (Å²) in [6.07, 6.45) is 0. The molecule has 1 aromatic carbocycles. The van der Waals surface area contributed by atoms with Gasteiger partial charge in [-0.15, -0.1) is 0 Å². The van der Waals surface area contributed by atoms with E-state index in [1.54, 1.807) is 19.1 Å². The van der Waals surface area contributed by atoms with Crippen molar-refractivity contribution in [2.45, 2.75) is 19.4 Å². The average Bonchev–Trinajstić information content (AvgIpc) is 2.36. The fraction of sp³-hybridized carbons (Fsp3) is 0.286. The van der Waals surface area contributed by atoms with E-state index < -0.39 is 17.4 Å². The lowest BCUT2D eigenvalue weighted by atomic mass is 10.1. The first-order valence-electron chi connectivity index (χ1n) is 6.06. The Labute approximate surface area is 115 Å². The van der Waals surface area contributed by atoms with Gasteiger partial charge in [0.1, 0.15) is 5.82 Å². The molecule has 0 radical (unpaired) electrons. The number of benzene rings is 1. The van der Waals surface area contributed by atoms with Gasteiger partial charge in [0.25, 0.3) is 0 Å². The minimum absolute atomic E-state index is 0.197. The van der Waals surface area contributed by atoms with Crippen molar-refractivity contribution in [2.24, 2.45) is 0 Å². The first kappa shape index (κ1) is 14.2. The molecule has 0 amide bonds. The van der Waals surface area contributed by atoms with Crippen LogP contribution in [0.5, 0.6) is 0 Å². The molecule has 0 spiro atoms. The van der Waals surface area contributed by atoms with Crippen LogP contribution in [0.25, 0.3) is 10.9 Å². The molecular formula is C14H15FN2O3. The van der Waals surface area contributed by atoms with Crippen LogP contribution < -0.4 is 5.32 Å². The molecule has 2 aromatic rings. The number of nitrogens with one attached hydrogen (secondary N) is 1. The average molecular weight is 278 g/mol. The van der Waals surface area contributed by atoms with Gasteiger partial charge in [-0.25, -0.2) is 9.18 Å². The summed E-state index contributed by atoms with van der Waals surface area (Å²) in [7, 11) is 0. The highest BCUT2D eigenvalue weighted by atomic mass is 19.1. The zero-order valence-electron chi connectivity index (χ0n) is 11.1. The van der Waals surface area contributed by atoms with Crippen LogP contribution in [0.3, 0.4) is 0 Å². The number of hydrogen-bond acceptors (Lipinski definition) is 4. The number of anilines is 1. The number of halogens is 1. The Morgan fingerprint density at radius 1 is 1.45 bits per heavy atom. The number of aryl methyl sites for hydroxylation is 1. The Morgan fingerprint density at radius 3 is 2.80 bits per heavy atom. The molecule has 0 aliphatic heterocycles. The van der Waals surface area contributed by atoms with Gasteiger partial charge < -0.3 is 15.5 Å². The lowest BCUT2D eigenvalue weighted by Gasteiger charge is -2.20. The van der Waals surface area contributed by atoms with Gasteiger partial charge in [-0.1, -0.05) is 0 Å². The van der Waals surface area contributed by atoms with Gasteiger partial charge in [0, 0.05) is 16.8 Å². The van der Waals surface area contributed by atoms with Gasteiger partial charge in [0.15, 0.2) is 5.60 Å². The first-order chi connectivity index (χ1) is 9.29. The highest BCUT2D eigenvalue weighted by molar-refractivity contribution is 5.91. The molecule has 2 rings (SSSR count). The van der Waals surface area contributed by atoms with Crippen molar-refractivity contribution in [1.82, 2.24) is 4.98 Å². The van der Waals surface area contributed by atoms with Crippen LogP contribution in [0.15, 0.2) is 24.3 Å².